The van der Waals surface area contributed by atoms with Crippen molar-refractivity contribution in [1.82, 2.24) is 25.1 Å². The van der Waals surface area contributed by atoms with Crippen LogP contribution in [-0.4, -0.2) is 57.4 Å². The number of hydrogen-bond acceptors (Lipinski definition) is 7. The molecule has 2 aromatic rings. The highest BCUT2D eigenvalue weighted by Gasteiger charge is 2.18. The van der Waals surface area contributed by atoms with Gasteiger partial charge < -0.3 is 19.7 Å². The van der Waals surface area contributed by atoms with Crippen molar-refractivity contribution in [2.75, 3.05) is 25.5 Å². The van der Waals surface area contributed by atoms with Crippen LogP contribution in [0.25, 0.3) is 0 Å². The number of nitrogens with one attached hydrogen (secondary N) is 2. The first-order chi connectivity index (χ1) is 11.6. The summed E-state index contributed by atoms with van der Waals surface area (Å²) in [4.78, 5) is 10.9. The van der Waals surface area contributed by atoms with Crippen LogP contribution in [0.5, 0.6) is 11.8 Å². The van der Waals surface area contributed by atoms with Gasteiger partial charge in [0.1, 0.15) is 6.10 Å². The number of aromatic nitrogens is 4. The van der Waals surface area contributed by atoms with Crippen LogP contribution in [0.3, 0.4) is 0 Å². The molecule has 8 nitrogen and oxygen atoms in total. The summed E-state index contributed by atoms with van der Waals surface area (Å²) in [5.41, 5.74) is 0. The van der Waals surface area contributed by atoms with Crippen molar-refractivity contribution in [1.29, 1.82) is 0 Å². The number of likely N-dealkylation sites (tertiary alicyclic amines) is 1. The fraction of sp³-hybridized carbons (Fsp3) is 0.562. The summed E-state index contributed by atoms with van der Waals surface area (Å²) in [5.74, 6) is 2.35. The van der Waals surface area contributed by atoms with Gasteiger partial charge in [-0.2, -0.15) is 10.1 Å². The van der Waals surface area contributed by atoms with Crippen LogP contribution in [0.15, 0.2) is 18.5 Å². The smallest absolute Gasteiger partial charge is 0.234 e. The molecule has 24 heavy (non-hydrogen) atoms. The molecule has 0 unspecified atom stereocenters. The Morgan fingerprint density at radius 2 is 2.04 bits per heavy atom. The zero-order valence-electron chi connectivity index (χ0n) is 14.3. The van der Waals surface area contributed by atoms with E-state index in [1.165, 1.54) is 0 Å². The molecule has 1 aliphatic rings. The zero-order chi connectivity index (χ0) is 16.9. The fourth-order valence-electron chi connectivity index (χ4n) is 2.55. The molecule has 0 aromatic carbocycles. The van der Waals surface area contributed by atoms with Gasteiger partial charge in [0.25, 0.3) is 0 Å². The Labute approximate surface area is 141 Å². The van der Waals surface area contributed by atoms with Crippen LogP contribution in [0, 0.1) is 0 Å². The minimum absolute atomic E-state index is 0.0874. The number of hydrogen-bond donors (Lipinski definition) is 2. The zero-order valence-corrected chi connectivity index (χ0v) is 14.3. The molecule has 1 fully saturated rings. The minimum Gasteiger partial charge on any atom is -0.475 e. The maximum atomic E-state index is 5.95. The van der Waals surface area contributed by atoms with Gasteiger partial charge >= 0.3 is 0 Å². The van der Waals surface area contributed by atoms with Gasteiger partial charge in [-0.15, -0.1) is 0 Å². The first-order valence-electron chi connectivity index (χ1n) is 8.25. The number of piperidine rings is 1. The van der Waals surface area contributed by atoms with Crippen molar-refractivity contribution in [3.8, 4) is 11.8 Å². The molecule has 3 rings (SSSR count). The highest BCUT2D eigenvalue weighted by molar-refractivity contribution is 5.52. The van der Waals surface area contributed by atoms with Gasteiger partial charge in [0.15, 0.2) is 11.6 Å². The second-order valence-electron chi connectivity index (χ2n) is 6.27. The molecule has 0 atom stereocenters. The largest absolute Gasteiger partial charge is 0.475 e. The van der Waals surface area contributed by atoms with Crippen molar-refractivity contribution in [2.45, 2.75) is 38.9 Å². The Morgan fingerprint density at radius 3 is 2.79 bits per heavy atom. The molecular formula is C16H24N6O2. The van der Waals surface area contributed by atoms with Crippen molar-refractivity contribution in [3.05, 3.63) is 18.5 Å². The third-order valence-corrected chi connectivity index (χ3v) is 3.74. The Morgan fingerprint density at radius 1 is 1.25 bits per heavy atom. The summed E-state index contributed by atoms with van der Waals surface area (Å²) < 4.78 is 11.5. The minimum atomic E-state index is 0.0874. The average Bonchev–Trinajstić information content (AvgIpc) is 2.96. The topological polar surface area (TPSA) is 88.2 Å². The standard InChI is InChI=1S/C16H24N6O2/c1-11(2)23-15-8-13(20-21-15)18-14-9-17-10-16(19-14)24-12-4-6-22(3)7-5-12/h8-12H,4-7H2,1-3H3,(H2,18,19,20,21). The molecule has 0 spiro atoms. The van der Waals surface area contributed by atoms with Gasteiger partial charge in [0.2, 0.25) is 11.8 Å². The molecule has 1 saturated heterocycles. The van der Waals surface area contributed by atoms with E-state index in [0.29, 0.717) is 23.4 Å². The predicted octanol–water partition coefficient (Wildman–Crippen LogP) is 2.20. The van der Waals surface area contributed by atoms with Crippen LogP contribution in [0.1, 0.15) is 26.7 Å². The SMILES string of the molecule is CC(C)Oc1cc(Nc2cncc(OC3CCN(C)CC3)n2)n[nH]1. The molecule has 8 heteroatoms. The Balaban J connectivity index is 1.59. The van der Waals surface area contributed by atoms with Crippen LogP contribution < -0.4 is 14.8 Å². The van der Waals surface area contributed by atoms with Crippen LogP contribution in [0.4, 0.5) is 11.6 Å². The lowest BCUT2D eigenvalue weighted by Gasteiger charge is -2.28. The summed E-state index contributed by atoms with van der Waals surface area (Å²) in [5, 5.41) is 10.1. The van der Waals surface area contributed by atoms with Crippen molar-refractivity contribution in [2.24, 2.45) is 0 Å². The van der Waals surface area contributed by atoms with E-state index in [-0.39, 0.29) is 12.2 Å². The third-order valence-electron chi connectivity index (χ3n) is 3.74. The van der Waals surface area contributed by atoms with Crippen molar-refractivity contribution < 1.29 is 9.47 Å². The maximum absolute atomic E-state index is 5.95. The van der Waals surface area contributed by atoms with E-state index in [4.69, 9.17) is 9.47 Å². The third kappa shape index (κ3) is 4.58. The predicted molar refractivity (Wildman–Crippen MR) is 90.8 cm³/mol. The number of nitrogens with zero attached hydrogens (tertiary/aromatic N) is 4. The van der Waals surface area contributed by atoms with Gasteiger partial charge in [0.05, 0.1) is 18.5 Å². The highest BCUT2D eigenvalue weighted by Crippen LogP contribution is 2.20. The molecule has 0 bridgehead atoms. The summed E-state index contributed by atoms with van der Waals surface area (Å²) >= 11 is 0. The molecule has 130 valence electrons. The van der Waals surface area contributed by atoms with Gasteiger partial charge in [-0.1, -0.05) is 0 Å². The van der Waals surface area contributed by atoms with Crippen molar-refractivity contribution >= 4 is 11.6 Å². The average molecular weight is 332 g/mol. The molecule has 2 aromatic heterocycles. The van der Waals surface area contributed by atoms with E-state index >= 15 is 0 Å². The lowest BCUT2D eigenvalue weighted by Crippen LogP contribution is -2.35. The second kappa shape index (κ2) is 7.48. The van der Waals surface area contributed by atoms with Gasteiger partial charge in [-0.25, -0.2) is 5.10 Å². The van der Waals surface area contributed by atoms with E-state index in [9.17, 15) is 0 Å². The number of H-pyrrole nitrogens is 1. The molecule has 0 saturated carbocycles. The van der Waals surface area contributed by atoms with Crippen molar-refractivity contribution in [3.63, 3.8) is 0 Å². The molecule has 1 aliphatic heterocycles. The number of anilines is 2. The van der Waals surface area contributed by atoms with E-state index in [2.05, 4.69) is 37.4 Å². The highest BCUT2D eigenvalue weighted by atomic mass is 16.5. The Kier molecular flexibility index (Phi) is 5.14. The van der Waals surface area contributed by atoms with Crippen LogP contribution in [0.2, 0.25) is 0 Å². The van der Waals surface area contributed by atoms with Gasteiger partial charge in [0, 0.05) is 19.2 Å². The fourth-order valence-corrected chi connectivity index (χ4v) is 2.55. The lowest BCUT2D eigenvalue weighted by atomic mass is 10.1. The molecule has 3 heterocycles. The lowest BCUT2D eigenvalue weighted by molar-refractivity contribution is 0.110. The Bertz CT molecular complexity index is 652. The van der Waals surface area contributed by atoms with E-state index < -0.39 is 0 Å². The van der Waals surface area contributed by atoms with Gasteiger partial charge in [-0.05, 0) is 33.7 Å². The number of aromatic amines is 1. The first-order valence-corrected chi connectivity index (χ1v) is 8.25. The van der Waals surface area contributed by atoms with E-state index in [1.54, 1.807) is 18.5 Å². The molecule has 0 amide bonds. The molecular weight excluding hydrogens is 308 g/mol. The molecule has 0 aliphatic carbocycles. The summed E-state index contributed by atoms with van der Waals surface area (Å²) in [7, 11) is 2.13. The maximum Gasteiger partial charge on any atom is 0.234 e. The van der Waals surface area contributed by atoms with Gasteiger partial charge in [-0.3, -0.25) is 4.98 Å². The van der Waals surface area contributed by atoms with E-state index in [0.717, 1.165) is 25.9 Å². The van der Waals surface area contributed by atoms with Crippen LogP contribution in [-0.2, 0) is 0 Å². The molecule has 0 radical (unpaired) electrons. The first kappa shape index (κ1) is 16.5. The van der Waals surface area contributed by atoms with E-state index in [1.807, 2.05) is 13.8 Å². The van der Waals surface area contributed by atoms with Crippen LogP contribution >= 0.6 is 0 Å². The normalized spacial score (nSPS) is 16.3. The number of ether oxygens (including phenoxy) is 2. The molecule has 2 N–H and O–H groups in total. The summed E-state index contributed by atoms with van der Waals surface area (Å²) in [6, 6.07) is 1.78. The quantitative estimate of drug-likeness (QED) is 0.838. The Hall–Kier alpha value is -2.35. The summed E-state index contributed by atoms with van der Waals surface area (Å²) in [6.07, 6.45) is 5.57. The summed E-state index contributed by atoms with van der Waals surface area (Å²) in [6.45, 7) is 6.01. The second-order valence-corrected chi connectivity index (χ2v) is 6.27. The monoisotopic (exact) mass is 332 g/mol. The number of rotatable bonds is 6.